The molecule has 0 aliphatic rings. The van der Waals surface area contributed by atoms with Gasteiger partial charge in [-0.25, -0.2) is 4.68 Å². The Morgan fingerprint density at radius 3 is 3.05 bits per heavy atom. The zero-order chi connectivity index (χ0) is 14.2. The molecule has 0 atom stereocenters. The van der Waals surface area contributed by atoms with Crippen molar-refractivity contribution in [1.82, 2.24) is 25.1 Å². The monoisotopic (exact) mass is 293 g/mol. The predicted octanol–water partition coefficient (Wildman–Crippen LogP) is 1.95. The lowest BCUT2D eigenvalue weighted by Crippen LogP contribution is -2.32. The molecule has 20 heavy (non-hydrogen) atoms. The molecule has 0 unspecified atom stereocenters. The van der Waals surface area contributed by atoms with Gasteiger partial charge in [-0.1, -0.05) is 13.3 Å². The van der Waals surface area contributed by atoms with Crippen LogP contribution in [0, 0.1) is 0 Å². The van der Waals surface area contributed by atoms with Crippen LogP contribution in [-0.2, 0) is 17.9 Å². The van der Waals surface area contributed by atoms with Gasteiger partial charge in [-0.15, -0.1) is 5.10 Å². The largest absolute Gasteiger partial charge is 0.338 e. The maximum atomic E-state index is 12.3. The maximum Gasteiger partial charge on any atom is 0.224 e. The Labute approximate surface area is 122 Å². The van der Waals surface area contributed by atoms with E-state index >= 15 is 0 Å². The van der Waals surface area contributed by atoms with E-state index in [2.05, 4.69) is 33.9 Å². The van der Waals surface area contributed by atoms with Crippen molar-refractivity contribution < 1.29 is 4.79 Å². The summed E-state index contributed by atoms with van der Waals surface area (Å²) in [5, 5.41) is 15.0. The van der Waals surface area contributed by atoms with Gasteiger partial charge in [0.05, 0.1) is 6.54 Å². The van der Waals surface area contributed by atoms with E-state index in [1.807, 2.05) is 10.3 Å². The first-order valence-corrected chi connectivity index (χ1v) is 7.73. The Hall–Kier alpha value is -1.76. The number of rotatable bonds is 8. The molecule has 2 heterocycles. The third kappa shape index (κ3) is 4.41. The van der Waals surface area contributed by atoms with E-state index in [-0.39, 0.29) is 5.91 Å². The van der Waals surface area contributed by atoms with Crippen molar-refractivity contribution in [3.05, 3.63) is 28.7 Å². The van der Waals surface area contributed by atoms with Crippen LogP contribution in [0.5, 0.6) is 0 Å². The minimum atomic E-state index is 0.153. The molecule has 0 saturated heterocycles. The van der Waals surface area contributed by atoms with Gasteiger partial charge in [-0.3, -0.25) is 4.79 Å². The summed E-state index contributed by atoms with van der Waals surface area (Å²) in [5.74, 6) is 0.153. The van der Waals surface area contributed by atoms with Crippen LogP contribution >= 0.6 is 11.3 Å². The molecule has 0 N–H and O–H groups in total. The summed E-state index contributed by atoms with van der Waals surface area (Å²) in [6.45, 7) is 4.16. The summed E-state index contributed by atoms with van der Waals surface area (Å²) in [7, 11) is 0. The van der Waals surface area contributed by atoms with Crippen LogP contribution in [0.2, 0.25) is 0 Å². The van der Waals surface area contributed by atoms with Crippen molar-refractivity contribution in [2.24, 2.45) is 0 Å². The second-order valence-corrected chi connectivity index (χ2v) is 5.40. The number of amides is 1. The van der Waals surface area contributed by atoms with Crippen LogP contribution in [0.3, 0.4) is 0 Å². The number of tetrazole rings is 1. The van der Waals surface area contributed by atoms with E-state index in [0.29, 0.717) is 19.5 Å². The Morgan fingerprint density at radius 2 is 2.40 bits per heavy atom. The number of carbonyl (C=O) groups is 1. The first-order valence-electron chi connectivity index (χ1n) is 6.79. The van der Waals surface area contributed by atoms with Gasteiger partial charge >= 0.3 is 0 Å². The van der Waals surface area contributed by atoms with Crippen molar-refractivity contribution >= 4 is 17.2 Å². The Bertz CT molecular complexity index is 497. The lowest BCUT2D eigenvalue weighted by Gasteiger charge is -2.22. The van der Waals surface area contributed by atoms with E-state index in [9.17, 15) is 4.79 Å². The molecule has 108 valence electrons. The van der Waals surface area contributed by atoms with E-state index in [4.69, 9.17) is 0 Å². The third-order valence-electron chi connectivity index (χ3n) is 3.03. The molecular weight excluding hydrogens is 274 g/mol. The van der Waals surface area contributed by atoms with Gasteiger partial charge in [-0.05, 0) is 39.2 Å². The maximum absolute atomic E-state index is 12.3. The van der Waals surface area contributed by atoms with Crippen molar-refractivity contribution in [2.45, 2.75) is 39.3 Å². The first-order chi connectivity index (χ1) is 9.79. The lowest BCUT2D eigenvalue weighted by atomic mass is 10.2. The number of aryl methyl sites for hydroxylation is 1. The van der Waals surface area contributed by atoms with Gasteiger partial charge in [0.1, 0.15) is 6.33 Å². The molecule has 2 aromatic rings. The van der Waals surface area contributed by atoms with Gasteiger partial charge in [-0.2, -0.15) is 11.3 Å². The molecule has 0 bridgehead atoms. The van der Waals surface area contributed by atoms with E-state index in [1.54, 1.807) is 16.0 Å². The highest BCUT2D eigenvalue weighted by molar-refractivity contribution is 7.07. The van der Waals surface area contributed by atoms with Crippen molar-refractivity contribution in [1.29, 1.82) is 0 Å². The van der Waals surface area contributed by atoms with Crippen LogP contribution in [0.1, 0.15) is 31.7 Å². The quantitative estimate of drug-likeness (QED) is 0.746. The number of hydrogen-bond donors (Lipinski definition) is 0. The SMILES string of the molecule is CCCCN(Cc1ccsc1)C(=O)CCn1cnnn1. The fourth-order valence-corrected chi connectivity index (χ4v) is 2.55. The van der Waals surface area contributed by atoms with Gasteiger partial charge in [0, 0.05) is 19.5 Å². The molecule has 1 amide bonds. The lowest BCUT2D eigenvalue weighted by molar-refractivity contribution is -0.132. The van der Waals surface area contributed by atoms with Gasteiger partial charge in [0.15, 0.2) is 0 Å². The number of hydrogen-bond acceptors (Lipinski definition) is 5. The number of carbonyl (C=O) groups excluding carboxylic acids is 1. The number of unbranched alkanes of at least 4 members (excludes halogenated alkanes) is 1. The average molecular weight is 293 g/mol. The molecule has 7 heteroatoms. The molecule has 0 saturated carbocycles. The highest BCUT2D eigenvalue weighted by Crippen LogP contribution is 2.11. The molecule has 0 aliphatic heterocycles. The minimum Gasteiger partial charge on any atom is -0.338 e. The van der Waals surface area contributed by atoms with E-state index in [1.165, 1.54) is 11.9 Å². The van der Waals surface area contributed by atoms with Crippen molar-refractivity contribution in [3.8, 4) is 0 Å². The Balaban J connectivity index is 1.89. The van der Waals surface area contributed by atoms with E-state index in [0.717, 1.165) is 19.4 Å². The van der Waals surface area contributed by atoms with Crippen LogP contribution < -0.4 is 0 Å². The second kappa shape index (κ2) is 7.74. The molecule has 6 nitrogen and oxygen atoms in total. The van der Waals surface area contributed by atoms with Crippen LogP contribution in [0.4, 0.5) is 0 Å². The molecule has 0 spiro atoms. The molecular formula is C13H19N5OS. The first kappa shape index (κ1) is 14.6. The fourth-order valence-electron chi connectivity index (χ4n) is 1.89. The zero-order valence-corrected chi connectivity index (χ0v) is 12.4. The van der Waals surface area contributed by atoms with Crippen molar-refractivity contribution in [3.63, 3.8) is 0 Å². The Morgan fingerprint density at radius 1 is 1.50 bits per heavy atom. The molecule has 0 aliphatic carbocycles. The van der Waals surface area contributed by atoms with Crippen LogP contribution in [0.25, 0.3) is 0 Å². The number of thiophene rings is 1. The standard InChI is InChI=1S/C13H19N5OS/c1-2-3-6-17(9-12-5-8-20-10-12)13(19)4-7-18-11-14-15-16-18/h5,8,10-11H,2-4,6-7,9H2,1H3. The normalized spacial score (nSPS) is 10.7. The summed E-state index contributed by atoms with van der Waals surface area (Å²) in [6.07, 6.45) is 4.07. The summed E-state index contributed by atoms with van der Waals surface area (Å²) < 4.78 is 1.58. The minimum absolute atomic E-state index is 0.153. The summed E-state index contributed by atoms with van der Waals surface area (Å²) in [4.78, 5) is 14.2. The van der Waals surface area contributed by atoms with Gasteiger partial charge in [0.25, 0.3) is 0 Å². The third-order valence-corrected chi connectivity index (χ3v) is 3.77. The summed E-state index contributed by atoms with van der Waals surface area (Å²) >= 11 is 1.66. The summed E-state index contributed by atoms with van der Waals surface area (Å²) in [6, 6.07) is 2.07. The number of nitrogens with zero attached hydrogens (tertiary/aromatic N) is 5. The van der Waals surface area contributed by atoms with Gasteiger partial charge < -0.3 is 4.90 Å². The van der Waals surface area contributed by atoms with Gasteiger partial charge in [0.2, 0.25) is 5.91 Å². The smallest absolute Gasteiger partial charge is 0.224 e. The number of aromatic nitrogens is 4. The second-order valence-electron chi connectivity index (χ2n) is 4.62. The topological polar surface area (TPSA) is 63.9 Å². The molecule has 0 radical (unpaired) electrons. The van der Waals surface area contributed by atoms with E-state index < -0.39 is 0 Å². The molecule has 0 aromatic carbocycles. The Kier molecular flexibility index (Phi) is 5.67. The highest BCUT2D eigenvalue weighted by atomic mass is 32.1. The summed E-state index contributed by atoms with van der Waals surface area (Å²) in [5.41, 5.74) is 1.20. The molecule has 2 aromatic heterocycles. The average Bonchev–Trinajstić information content (AvgIpc) is 3.13. The molecule has 2 rings (SSSR count). The highest BCUT2D eigenvalue weighted by Gasteiger charge is 2.14. The molecule has 0 fully saturated rings. The van der Waals surface area contributed by atoms with Crippen LogP contribution in [0.15, 0.2) is 23.2 Å². The van der Waals surface area contributed by atoms with Crippen molar-refractivity contribution in [2.75, 3.05) is 6.54 Å². The fraction of sp³-hybridized carbons (Fsp3) is 0.538. The predicted molar refractivity (Wildman–Crippen MR) is 77.1 cm³/mol. The zero-order valence-electron chi connectivity index (χ0n) is 11.6. The van der Waals surface area contributed by atoms with Crippen LogP contribution in [-0.4, -0.2) is 37.6 Å².